The molecule has 4 rings (SSSR count). The number of rotatable bonds is 3. The van der Waals surface area contributed by atoms with Crippen molar-refractivity contribution in [2.45, 2.75) is 6.54 Å². The Morgan fingerprint density at radius 2 is 1.74 bits per heavy atom. The molecule has 0 saturated carbocycles. The Balaban J connectivity index is 1.36. The predicted molar refractivity (Wildman–Crippen MR) is 103 cm³/mol. The Morgan fingerprint density at radius 1 is 1.00 bits per heavy atom. The highest BCUT2D eigenvalue weighted by Crippen LogP contribution is 2.31. The molecule has 0 unspecified atom stereocenters. The van der Waals surface area contributed by atoms with Crippen LogP contribution in [0.15, 0.2) is 40.9 Å². The third kappa shape index (κ3) is 4.09. The molecule has 0 spiro atoms. The van der Waals surface area contributed by atoms with E-state index >= 15 is 0 Å². The van der Waals surface area contributed by atoms with Crippen molar-refractivity contribution in [2.24, 2.45) is 0 Å². The molecular weight excluding hydrogens is 415 g/mol. The van der Waals surface area contributed by atoms with Gasteiger partial charge in [0.15, 0.2) is 11.5 Å². The Labute approximate surface area is 165 Å². The van der Waals surface area contributed by atoms with Gasteiger partial charge in [0.1, 0.15) is 19.0 Å². The molecule has 0 N–H and O–H groups in total. The summed E-state index contributed by atoms with van der Waals surface area (Å²) in [5.41, 5.74) is 1.53. The first-order valence-corrected chi connectivity index (χ1v) is 9.75. The zero-order chi connectivity index (χ0) is 18.8. The first-order valence-electron chi connectivity index (χ1n) is 8.95. The van der Waals surface area contributed by atoms with Gasteiger partial charge in [0.25, 0.3) is 5.91 Å². The summed E-state index contributed by atoms with van der Waals surface area (Å²) in [6.07, 6.45) is 0. The van der Waals surface area contributed by atoms with Crippen LogP contribution in [0.1, 0.15) is 15.9 Å². The van der Waals surface area contributed by atoms with Gasteiger partial charge in [0.2, 0.25) is 0 Å². The summed E-state index contributed by atoms with van der Waals surface area (Å²) in [6.45, 7) is 4.73. The molecule has 5 nitrogen and oxygen atoms in total. The number of hydrogen-bond acceptors (Lipinski definition) is 4. The molecule has 2 aromatic carbocycles. The fraction of sp³-hybridized carbons (Fsp3) is 0.350. The van der Waals surface area contributed by atoms with Gasteiger partial charge >= 0.3 is 0 Å². The van der Waals surface area contributed by atoms with E-state index in [0.29, 0.717) is 36.3 Å². The maximum Gasteiger partial charge on any atom is 0.255 e. The Kier molecular flexibility index (Phi) is 5.31. The van der Waals surface area contributed by atoms with Gasteiger partial charge < -0.3 is 14.4 Å². The standard InChI is InChI=1S/C20H20BrFN2O3/c21-17-3-2-15(22)12-16(17)20(25)24-7-5-23(6-8-24)13-14-1-4-18-19(11-14)27-10-9-26-18/h1-4,11-12H,5-10,13H2. The largest absolute Gasteiger partial charge is 0.486 e. The highest BCUT2D eigenvalue weighted by molar-refractivity contribution is 9.10. The highest BCUT2D eigenvalue weighted by atomic mass is 79.9. The molecule has 0 aromatic heterocycles. The Bertz CT molecular complexity index is 853. The summed E-state index contributed by atoms with van der Waals surface area (Å²) in [7, 11) is 0. The Hall–Kier alpha value is -2.12. The van der Waals surface area contributed by atoms with Crippen molar-refractivity contribution in [3.63, 3.8) is 0 Å². The summed E-state index contributed by atoms with van der Waals surface area (Å²) < 4.78 is 25.3. The molecule has 1 fully saturated rings. The van der Waals surface area contributed by atoms with Crippen LogP contribution in [0.4, 0.5) is 4.39 Å². The number of nitrogens with zero attached hydrogens (tertiary/aromatic N) is 2. The average Bonchev–Trinajstić information content (AvgIpc) is 2.70. The zero-order valence-corrected chi connectivity index (χ0v) is 16.4. The lowest BCUT2D eigenvalue weighted by molar-refractivity contribution is 0.0627. The summed E-state index contributed by atoms with van der Waals surface area (Å²) in [4.78, 5) is 16.8. The smallest absolute Gasteiger partial charge is 0.255 e. The second-order valence-electron chi connectivity index (χ2n) is 6.67. The van der Waals surface area contributed by atoms with Crippen LogP contribution in [0.2, 0.25) is 0 Å². The van der Waals surface area contributed by atoms with Crippen LogP contribution in [-0.4, -0.2) is 55.1 Å². The van der Waals surface area contributed by atoms with Crippen molar-refractivity contribution in [2.75, 3.05) is 39.4 Å². The zero-order valence-electron chi connectivity index (χ0n) is 14.8. The van der Waals surface area contributed by atoms with Gasteiger partial charge in [-0.25, -0.2) is 4.39 Å². The molecule has 0 atom stereocenters. The summed E-state index contributed by atoms with van der Waals surface area (Å²) in [5, 5.41) is 0. The molecule has 2 aromatic rings. The van der Waals surface area contributed by atoms with E-state index in [0.717, 1.165) is 36.7 Å². The van der Waals surface area contributed by atoms with E-state index < -0.39 is 5.82 Å². The molecule has 2 aliphatic rings. The van der Waals surface area contributed by atoms with Gasteiger partial charge in [-0.2, -0.15) is 0 Å². The van der Waals surface area contributed by atoms with Crippen LogP contribution in [0.3, 0.4) is 0 Å². The summed E-state index contributed by atoms with van der Waals surface area (Å²) in [6, 6.07) is 10.2. The number of carbonyl (C=O) groups excluding carboxylic acids is 1. The van der Waals surface area contributed by atoms with Crippen molar-refractivity contribution in [3.8, 4) is 11.5 Å². The van der Waals surface area contributed by atoms with Crippen LogP contribution in [-0.2, 0) is 6.54 Å². The number of carbonyl (C=O) groups is 1. The third-order valence-corrected chi connectivity index (χ3v) is 5.52. The van der Waals surface area contributed by atoms with E-state index in [9.17, 15) is 9.18 Å². The van der Waals surface area contributed by atoms with E-state index in [1.165, 1.54) is 12.1 Å². The fourth-order valence-corrected chi connectivity index (χ4v) is 3.80. The maximum atomic E-state index is 13.5. The SMILES string of the molecule is O=C(c1cc(F)ccc1Br)N1CCN(Cc2ccc3c(c2)OCCO3)CC1. The van der Waals surface area contributed by atoms with Gasteiger partial charge in [0.05, 0.1) is 5.56 Å². The van der Waals surface area contributed by atoms with E-state index in [2.05, 4.69) is 26.9 Å². The lowest BCUT2D eigenvalue weighted by Crippen LogP contribution is -2.48. The third-order valence-electron chi connectivity index (χ3n) is 4.83. The normalized spacial score (nSPS) is 17.0. The summed E-state index contributed by atoms with van der Waals surface area (Å²) in [5.74, 6) is 1.05. The second-order valence-corrected chi connectivity index (χ2v) is 7.52. The molecule has 1 saturated heterocycles. The van der Waals surface area contributed by atoms with Crippen LogP contribution < -0.4 is 9.47 Å². The minimum absolute atomic E-state index is 0.139. The first-order chi connectivity index (χ1) is 13.1. The van der Waals surface area contributed by atoms with E-state index in [-0.39, 0.29) is 5.91 Å². The van der Waals surface area contributed by atoms with Gasteiger partial charge in [-0.1, -0.05) is 6.07 Å². The number of halogens is 2. The number of ether oxygens (including phenoxy) is 2. The monoisotopic (exact) mass is 434 g/mol. The predicted octanol–water partition coefficient (Wildman–Crippen LogP) is 3.32. The number of hydrogen-bond donors (Lipinski definition) is 0. The molecule has 1 amide bonds. The number of benzene rings is 2. The fourth-order valence-electron chi connectivity index (χ4n) is 3.39. The van der Waals surface area contributed by atoms with Crippen LogP contribution in [0, 0.1) is 5.82 Å². The van der Waals surface area contributed by atoms with Crippen LogP contribution in [0.25, 0.3) is 0 Å². The minimum Gasteiger partial charge on any atom is -0.486 e. The molecule has 0 aliphatic carbocycles. The van der Waals surface area contributed by atoms with Crippen molar-refractivity contribution in [3.05, 3.63) is 57.8 Å². The summed E-state index contributed by atoms with van der Waals surface area (Å²) >= 11 is 3.34. The van der Waals surface area contributed by atoms with Gasteiger partial charge in [-0.15, -0.1) is 0 Å². The van der Waals surface area contributed by atoms with Crippen molar-refractivity contribution in [1.82, 2.24) is 9.80 Å². The number of amides is 1. The van der Waals surface area contributed by atoms with Gasteiger partial charge in [0, 0.05) is 37.2 Å². The highest BCUT2D eigenvalue weighted by Gasteiger charge is 2.24. The quantitative estimate of drug-likeness (QED) is 0.742. The van der Waals surface area contributed by atoms with Gasteiger partial charge in [-0.05, 0) is 51.8 Å². The molecule has 0 bridgehead atoms. The molecule has 142 valence electrons. The molecule has 27 heavy (non-hydrogen) atoms. The molecule has 2 aliphatic heterocycles. The van der Waals surface area contributed by atoms with Crippen molar-refractivity contribution < 1.29 is 18.7 Å². The van der Waals surface area contributed by atoms with Gasteiger partial charge in [-0.3, -0.25) is 9.69 Å². The lowest BCUT2D eigenvalue weighted by atomic mass is 10.1. The molecular formula is C20H20BrFN2O3. The van der Waals surface area contributed by atoms with E-state index in [1.54, 1.807) is 11.0 Å². The molecule has 0 radical (unpaired) electrons. The van der Waals surface area contributed by atoms with Crippen LogP contribution >= 0.6 is 15.9 Å². The average molecular weight is 435 g/mol. The first kappa shape index (κ1) is 18.3. The maximum absolute atomic E-state index is 13.5. The number of fused-ring (bicyclic) bond motifs is 1. The number of piperazine rings is 1. The van der Waals surface area contributed by atoms with E-state index in [1.807, 2.05) is 12.1 Å². The Morgan fingerprint density at radius 3 is 2.52 bits per heavy atom. The lowest BCUT2D eigenvalue weighted by Gasteiger charge is -2.35. The topological polar surface area (TPSA) is 42.0 Å². The van der Waals surface area contributed by atoms with Crippen LogP contribution in [0.5, 0.6) is 11.5 Å². The molecule has 7 heteroatoms. The van der Waals surface area contributed by atoms with Crippen molar-refractivity contribution in [1.29, 1.82) is 0 Å². The van der Waals surface area contributed by atoms with E-state index in [4.69, 9.17) is 9.47 Å². The molecule has 2 heterocycles. The second kappa shape index (κ2) is 7.86. The van der Waals surface area contributed by atoms with Crippen molar-refractivity contribution >= 4 is 21.8 Å². The minimum atomic E-state index is -0.404.